The third-order valence-electron chi connectivity index (χ3n) is 2.99. The highest BCUT2D eigenvalue weighted by Crippen LogP contribution is 2.40. The van der Waals surface area contributed by atoms with E-state index < -0.39 is 0 Å². The number of nitrogens with one attached hydrogen (secondary N) is 1. The highest BCUT2D eigenvalue weighted by atomic mass is 32.2. The molecule has 2 aromatic rings. The molecule has 0 aliphatic carbocycles. The van der Waals surface area contributed by atoms with E-state index in [1.165, 1.54) is 10.5 Å². The number of methoxy groups -OCH3 is 1. The first-order chi connectivity index (χ1) is 8.88. The van der Waals surface area contributed by atoms with Gasteiger partial charge in [-0.25, -0.2) is 4.98 Å². The Morgan fingerprint density at radius 1 is 1.28 bits per heavy atom. The summed E-state index contributed by atoms with van der Waals surface area (Å²) in [5.41, 5.74) is 2.30. The maximum absolute atomic E-state index is 5.26. The first-order valence-electron chi connectivity index (χ1n) is 5.86. The van der Waals surface area contributed by atoms with Crippen LogP contribution in [0.25, 0.3) is 0 Å². The van der Waals surface area contributed by atoms with E-state index in [4.69, 9.17) is 4.74 Å². The summed E-state index contributed by atoms with van der Waals surface area (Å²) in [4.78, 5) is 5.56. The zero-order valence-corrected chi connectivity index (χ0v) is 10.9. The van der Waals surface area contributed by atoms with Gasteiger partial charge in [0.25, 0.3) is 0 Å². The number of aromatic nitrogens is 1. The highest BCUT2D eigenvalue weighted by Gasteiger charge is 2.23. The molecule has 92 valence electrons. The molecule has 1 aromatic carbocycles. The maximum atomic E-state index is 5.26. The van der Waals surface area contributed by atoms with Crippen LogP contribution < -0.4 is 10.1 Å². The first-order valence-corrected chi connectivity index (χ1v) is 6.84. The van der Waals surface area contributed by atoms with Crippen LogP contribution in [0.1, 0.15) is 11.6 Å². The van der Waals surface area contributed by atoms with Gasteiger partial charge in [-0.2, -0.15) is 0 Å². The van der Waals surface area contributed by atoms with Crippen molar-refractivity contribution in [3.8, 4) is 5.88 Å². The van der Waals surface area contributed by atoms with Gasteiger partial charge in [0.1, 0.15) is 0 Å². The zero-order chi connectivity index (χ0) is 12.4. The van der Waals surface area contributed by atoms with Gasteiger partial charge in [0, 0.05) is 16.8 Å². The fourth-order valence-corrected chi connectivity index (χ4v) is 3.29. The van der Waals surface area contributed by atoms with Crippen LogP contribution in [-0.2, 0) is 0 Å². The summed E-state index contributed by atoms with van der Waals surface area (Å²) in [6, 6.07) is 12.7. The van der Waals surface area contributed by atoms with Crippen molar-refractivity contribution in [2.75, 3.05) is 18.2 Å². The van der Waals surface area contributed by atoms with Crippen LogP contribution >= 0.6 is 11.8 Å². The molecule has 1 atom stereocenters. The Morgan fingerprint density at radius 2 is 2.17 bits per heavy atom. The fourth-order valence-electron chi connectivity index (χ4n) is 2.13. The van der Waals surface area contributed by atoms with E-state index in [9.17, 15) is 0 Å². The normalized spacial score (nSPS) is 17.3. The number of fused-ring (bicyclic) bond motifs is 1. The quantitative estimate of drug-likeness (QED) is 0.915. The van der Waals surface area contributed by atoms with Crippen molar-refractivity contribution in [3.63, 3.8) is 0 Å². The molecule has 3 nitrogen and oxygen atoms in total. The Morgan fingerprint density at radius 3 is 3.06 bits per heavy atom. The van der Waals surface area contributed by atoms with Gasteiger partial charge in [-0.3, -0.25) is 0 Å². The third-order valence-corrected chi connectivity index (χ3v) is 4.18. The van der Waals surface area contributed by atoms with E-state index in [-0.39, 0.29) is 0 Å². The smallest absolute Gasteiger partial charge is 0.237 e. The summed E-state index contributed by atoms with van der Waals surface area (Å²) in [5.74, 6) is 1.68. The van der Waals surface area contributed by atoms with Crippen LogP contribution in [0.4, 0.5) is 5.69 Å². The average molecular weight is 258 g/mol. The molecule has 2 heterocycles. The van der Waals surface area contributed by atoms with Crippen LogP contribution in [0.15, 0.2) is 47.5 Å². The summed E-state index contributed by atoms with van der Waals surface area (Å²) in [6.07, 6.45) is 1.74. The molecular formula is C14H14N2OS. The molecule has 1 aliphatic heterocycles. The monoisotopic (exact) mass is 258 g/mol. The van der Waals surface area contributed by atoms with E-state index in [0.29, 0.717) is 11.9 Å². The SMILES string of the molecule is COc1ncccc1NC1CSc2ccccc21. The van der Waals surface area contributed by atoms with Crippen molar-refractivity contribution in [1.29, 1.82) is 0 Å². The Hall–Kier alpha value is -1.68. The number of hydrogen-bond donors (Lipinski definition) is 1. The molecule has 0 bridgehead atoms. The molecule has 0 fully saturated rings. The summed E-state index contributed by atoms with van der Waals surface area (Å²) < 4.78 is 5.26. The van der Waals surface area contributed by atoms with Gasteiger partial charge in [-0.05, 0) is 23.8 Å². The first kappa shape index (κ1) is 11.4. The van der Waals surface area contributed by atoms with E-state index >= 15 is 0 Å². The van der Waals surface area contributed by atoms with Crippen LogP contribution in [0.3, 0.4) is 0 Å². The minimum atomic E-state index is 0.323. The van der Waals surface area contributed by atoms with E-state index in [0.717, 1.165) is 11.4 Å². The van der Waals surface area contributed by atoms with Crippen molar-refractivity contribution in [3.05, 3.63) is 48.2 Å². The molecule has 1 aliphatic rings. The average Bonchev–Trinajstić information content (AvgIpc) is 2.83. The van der Waals surface area contributed by atoms with Gasteiger partial charge in [0.15, 0.2) is 0 Å². The van der Waals surface area contributed by atoms with Crippen molar-refractivity contribution in [1.82, 2.24) is 4.98 Å². The Balaban J connectivity index is 1.86. The summed E-state index contributed by atoms with van der Waals surface area (Å²) in [6.45, 7) is 0. The Labute approximate surface area is 111 Å². The van der Waals surface area contributed by atoms with Gasteiger partial charge in [-0.15, -0.1) is 11.8 Å². The van der Waals surface area contributed by atoms with Gasteiger partial charge >= 0.3 is 0 Å². The van der Waals surface area contributed by atoms with Crippen molar-refractivity contribution in [2.24, 2.45) is 0 Å². The van der Waals surface area contributed by atoms with Crippen molar-refractivity contribution >= 4 is 17.4 Å². The lowest BCUT2D eigenvalue weighted by molar-refractivity contribution is 0.399. The molecule has 0 spiro atoms. The van der Waals surface area contributed by atoms with Gasteiger partial charge in [-0.1, -0.05) is 18.2 Å². The number of benzene rings is 1. The number of ether oxygens (including phenoxy) is 1. The molecule has 0 amide bonds. The predicted octanol–water partition coefficient (Wildman–Crippen LogP) is 3.35. The minimum Gasteiger partial charge on any atom is -0.480 e. The lowest BCUT2D eigenvalue weighted by atomic mass is 10.1. The number of pyridine rings is 1. The van der Waals surface area contributed by atoms with Crippen LogP contribution in [-0.4, -0.2) is 17.8 Å². The summed E-state index contributed by atoms with van der Waals surface area (Å²) in [5, 5.41) is 3.51. The van der Waals surface area contributed by atoms with E-state index in [1.54, 1.807) is 13.3 Å². The molecule has 18 heavy (non-hydrogen) atoms. The molecule has 0 saturated carbocycles. The molecule has 1 unspecified atom stereocenters. The molecular weight excluding hydrogens is 244 g/mol. The number of anilines is 1. The second kappa shape index (κ2) is 4.90. The Bertz CT molecular complexity index is 559. The number of nitrogens with zero attached hydrogens (tertiary/aromatic N) is 1. The molecule has 0 saturated heterocycles. The number of hydrogen-bond acceptors (Lipinski definition) is 4. The number of rotatable bonds is 3. The largest absolute Gasteiger partial charge is 0.480 e. The molecule has 1 N–H and O–H groups in total. The predicted molar refractivity (Wildman–Crippen MR) is 74.3 cm³/mol. The molecule has 0 radical (unpaired) electrons. The van der Waals surface area contributed by atoms with Crippen molar-refractivity contribution < 1.29 is 4.74 Å². The topological polar surface area (TPSA) is 34.1 Å². The zero-order valence-electron chi connectivity index (χ0n) is 10.1. The van der Waals surface area contributed by atoms with Gasteiger partial charge in [0.2, 0.25) is 5.88 Å². The summed E-state index contributed by atoms with van der Waals surface area (Å²) in [7, 11) is 1.64. The van der Waals surface area contributed by atoms with Crippen molar-refractivity contribution in [2.45, 2.75) is 10.9 Å². The summed E-state index contributed by atoms with van der Waals surface area (Å²) >= 11 is 1.88. The second-order valence-corrected chi connectivity index (χ2v) is 5.17. The number of thioether (sulfide) groups is 1. The minimum absolute atomic E-state index is 0.323. The van der Waals surface area contributed by atoms with E-state index in [1.807, 2.05) is 23.9 Å². The van der Waals surface area contributed by atoms with Crippen LogP contribution in [0, 0.1) is 0 Å². The lowest BCUT2D eigenvalue weighted by Crippen LogP contribution is -2.10. The lowest BCUT2D eigenvalue weighted by Gasteiger charge is -2.16. The van der Waals surface area contributed by atoms with Gasteiger partial charge in [0.05, 0.1) is 18.8 Å². The second-order valence-electron chi connectivity index (χ2n) is 4.11. The fraction of sp³-hybridized carbons (Fsp3) is 0.214. The molecule has 4 heteroatoms. The maximum Gasteiger partial charge on any atom is 0.237 e. The molecule has 3 rings (SSSR count). The van der Waals surface area contributed by atoms with Crippen LogP contribution in [0.2, 0.25) is 0 Å². The standard InChI is InChI=1S/C14H14N2OS/c1-17-14-11(6-4-8-15-14)16-12-9-18-13-7-3-2-5-10(12)13/h2-8,12,16H,9H2,1H3. The Kier molecular flexibility index (Phi) is 3.11. The van der Waals surface area contributed by atoms with E-state index in [2.05, 4.69) is 34.6 Å². The van der Waals surface area contributed by atoms with Crippen LogP contribution in [0.5, 0.6) is 5.88 Å². The van der Waals surface area contributed by atoms with Gasteiger partial charge < -0.3 is 10.1 Å². The molecule has 1 aromatic heterocycles. The third kappa shape index (κ3) is 2.04. The highest BCUT2D eigenvalue weighted by molar-refractivity contribution is 7.99.